The molecule has 0 aromatic heterocycles. The van der Waals surface area contributed by atoms with E-state index in [0.29, 0.717) is 26.1 Å². The van der Waals surface area contributed by atoms with Crippen LogP contribution in [0.4, 0.5) is 4.79 Å². The lowest BCUT2D eigenvalue weighted by molar-refractivity contribution is -0.112. The number of carboxylic acid groups (broad SMARTS) is 1. The lowest BCUT2D eigenvalue weighted by Crippen LogP contribution is -2.55. The number of Topliss-reactive ketones (excluding diaryl/α,β-unsaturated/α-hetero) is 1. The summed E-state index contributed by atoms with van der Waals surface area (Å²) in [6.45, 7) is 1.38. The molecule has 0 aromatic rings. The zero-order chi connectivity index (χ0) is 8.77. The van der Waals surface area contributed by atoms with Gasteiger partial charge < -0.3 is 15.3 Å². The van der Waals surface area contributed by atoms with Crippen molar-refractivity contribution in [3.63, 3.8) is 0 Å². The van der Waals surface area contributed by atoms with Gasteiger partial charge in [-0.3, -0.25) is 4.79 Å². The van der Waals surface area contributed by atoms with Gasteiger partial charge in [-0.1, -0.05) is 0 Å². The molecule has 12 heavy (non-hydrogen) atoms. The Morgan fingerprint density at radius 2 is 2.33 bits per heavy atom. The first-order chi connectivity index (χ1) is 5.64. The smallest absolute Gasteiger partial charge is 0.407 e. The number of carbonyl (C=O) groups is 2. The highest BCUT2D eigenvalue weighted by Gasteiger charge is 2.56. The molecule has 2 fully saturated rings. The van der Waals surface area contributed by atoms with E-state index < -0.39 is 11.6 Å². The lowest BCUT2D eigenvalue weighted by atomic mass is 10.2. The Kier molecular flexibility index (Phi) is 1.38. The second-order valence-electron chi connectivity index (χ2n) is 3.31. The minimum absolute atomic E-state index is 0.133. The van der Waals surface area contributed by atoms with E-state index in [1.807, 2.05) is 0 Å². The van der Waals surface area contributed by atoms with Crippen molar-refractivity contribution in [2.24, 2.45) is 0 Å². The normalized spacial score (nSPS) is 34.0. The molecule has 0 aromatic carbocycles. The largest absolute Gasteiger partial charge is 0.465 e. The van der Waals surface area contributed by atoms with Crippen molar-refractivity contribution in [2.75, 3.05) is 19.6 Å². The van der Waals surface area contributed by atoms with Crippen molar-refractivity contribution in [3.05, 3.63) is 0 Å². The summed E-state index contributed by atoms with van der Waals surface area (Å²) in [5.41, 5.74) is -0.503. The van der Waals surface area contributed by atoms with Crippen LogP contribution in [0.2, 0.25) is 0 Å². The molecule has 1 spiro atoms. The second kappa shape index (κ2) is 2.20. The van der Waals surface area contributed by atoms with Gasteiger partial charge in [-0.15, -0.1) is 0 Å². The molecule has 1 unspecified atom stereocenters. The van der Waals surface area contributed by atoms with Crippen LogP contribution in [0.25, 0.3) is 0 Å². The number of carbonyl (C=O) groups excluding carboxylic acids is 1. The fourth-order valence-corrected chi connectivity index (χ4v) is 1.59. The highest BCUT2D eigenvalue weighted by molar-refractivity contribution is 6.06. The van der Waals surface area contributed by atoms with Gasteiger partial charge in [0.1, 0.15) is 5.54 Å². The van der Waals surface area contributed by atoms with Crippen molar-refractivity contribution in [1.82, 2.24) is 10.2 Å². The summed E-state index contributed by atoms with van der Waals surface area (Å²) >= 11 is 0. The molecule has 5 heteroatoms. The summed E-state index contributed by atoms with van der Waals surface area (Å²) in [6.07, 6.45) is -0.452. The van der Waals surface area contributed by atoms with Crippen molar-refractivity contribution >= 4 is 11.9 Å². The molecule has 2 aliphatic rings. The molecule has 1 aliphatic carbocycles. The molecule has 1 amide bonds. The Hall–Kier alpha value is -1.10. The Bertz CT molecular complexity index is 253. The Morgan fingerprint density at radius 1 is 1.67 bits per heavy atom. The van der Waals surface area contributed by atoms with Crippen LogP contribution in [0.15, 0.2) is 0 Å². The van der Waals surface area contributed by atoms with Crippen LogP contribution in [0.1, 0.15) is 6.42 Å². The van der Waals surface area contributed by atoms with Crippen molar-refractivity contribution in [2.45, 2.75) is 12.0 Å². The van der Waals surface area contributed by atoms with Gasteiger partial charge in [0.2, 0.25) is 0 Å². The Morgan fingerprint density at radius 3 is 2.83 bits per heavy atom. The molecule has 1 saturated heterocycles. The van der Waals surface area contributed by atoms with E-state index in [0.717, 1.165) is 0 Å². The minimum atomic E-state index is -0.935. The predicted molar refractivity (Wildman–Crippen MR) is 40.0 cm³/mol. The molecule has 2 rings (SSSR count). The number of nitrogens with zero attached hydrogens (tertiary/aromatic N) is 1. The number of hydrogen-bond donors (Lipinski definition) is 2. The van der Waals surface area contributed by atoms with Gasteiger partial charge in [0, 0.05) is 26.1 Å². The van der Waals surface area contributed by atoms with E-state index >= 15 is 0 Å². The van der Waals surface area contributed by atoms with Crippen LogP contribution in [-0.2, 0) is 4.79 Å². The molecular formula is C7H10N2O3. The molecule has 0 radical (unpaired) electrons. The quantitative estimate of drug-likeness (QED) is 0.503. The van der Waals surface area contributed by atoms with Gasteiger partial charge in [0.05, 0.1) is 0 Å². The molecule has 1 aliphatic heterocycles. The molecule has 1 heterocycles. The third-order valence-electron chi connectivity index (χ3n) is 2.45. The van der Waals surface area contributed by atoms with Crippen LogP contribution < -0.4 is 5.32 Å². The Balaban J connectivity index is 2.05. The zero-order valence-corrected chi connectivity index (χ0v) is 6.54. The van der Waals surface area contributed by atoms with E-state index in [2.05, 4.69) is 5.32 Å². The number of ketones is 1. The number of amides is 1. The van der Waals surface area contributed by atoms with E-state index in [1.165, 1.54) is 4.90 Å². The van der Waals surface area contributed by atoms with E-state index in [-0.39, 0.29) is 5.78 Å². The molecule has 1 saturated carbocycles. The summed E-state index contributed by atoms with van der Waals surface area (Å²) in [5.74, 6) is 0.133. The fraction of sp³-hybridized carbons (Fsp3) is 0.714. The van der Waals surface area contributed by atoms with E-state index in [9.17, 15) is 9.59 Å². The van der Waals surface area contributed by atoms with Gasteiger partial charge in [-0.2, -0.15) is 0 Å². The second-order valence-corrected chi connectivity index (χ2v) is 3.31. The maximum Gasteiger partial charge on any atom is 0.407 e. The molecule has 2 N–H and O–H groups in total. The van der Waals surface area contributed by atoms with Crippen molar-refractivity contribution in [1.29, 1.82) is 0 Å². The first-order valence-corrected chi connectivity index (χ1v) is 3.90. The number of hydrogen-bond acceptors (Lipinski definition) is 3. The van der Waals surface area contributed by atoms with E-state index in [1.54, 1.807) is 0 Å². The van der Waals surface area contributed by atoms with Gasteiger partial charge in [0.25, 0.3) is 0 Å². The maximum absolute atomic E-state index is 10.9. The van der Waals surface area contributed by atoms with Crippen molar-refractivity contribution < 1.29 is 14.7 Å². The third-order valence-corrected chi connectivity index (χ3v) is 2.45. The first kappa shape index (κ1) is 7.54. The van der Waals surface area contributed by atoms with Crippen LogP contribution in [-0.4, -0.2) is 47.1 Å². The molecular weight excluding hydrogens is 160 g/mol. The van der Waals surface area contributed by atoms with Crippen LogP contribution >= 0.6 is 0 Å². The molecule has 5 nitrogen and oxygen atoms in total. The van der Waals surface area contributed by atoms with Gasteiger partial charge in [-0.05, 0) is 0 Å². The average Bonchev–Trinajstić information content (AvgIpc) is 2.61. The summed E-state index contributed by atoms with van der Waals surface area (Å²) in [4.78, 5) is 22.8. The zero-order valence-electron chi connectivity index (χ0n) is 6.54. The fourth-order valence-electron chi connectivity index (χ4n) is 1.59. The van der Waals surface area contributed by atoms with E-state index in [4.69, 9.17) is 5.11 Å². The standard InChI is InChI=1S/C7H10N2O3/c10-5-3-7(5)4-9(6(11)12)2-1-8-7/h8H,1-4H2,(H,11,12). The van der Waals surface area contributed by atoms with Crippen LogP contribution in [0.5, 0.6) is 0 Å². The number of nitrogens with one attached hydrogen (secondary N) is 1. The van der Waals surface area contributed by atoms with Gasteiger partial charge in [0.15, 0.2) is 5.78 Å². The topological polar surface area (TPSA) is 69.6 Å². The predicted octanol–water partition coefficient (Wildman–Crippen LogP) is -0.719. The number of rotatable bonds is 0. The summed E-state index contributed by atoms with van der Waals surface area (Å²) in [7, 11) is 0. The van der Waals surface area contributed by atoms with Crippen LogP contribution in [0, 0.1) is 0 Å². The SMILES string of the molecule is O=C(O)N1CCNC2(CC2=O)C1. The van der Waals surface area contributed by atoms with Crippen LogP contribution in [0.3, 0.4) is 0 Å². The summed E-state index contributed by atoms with van der Waals surface area (Å²) in [6, 6.07) is 0. The summed E-state index contributed by atoms with van der Waals surface area (Å²) < 4.78 is 0. The minimum Gasteiger partial charge on any atom is -0.465 e. The Labute approximate surface area is 69.3 Å². The maximum atomic E-state index is 10.9. The lowest BCUT2D eigenvalue weighted by Gasteiger charge is -2.30. The van der Waals surface area contributed by atoms with Crippen molar-refractivity contribution in [3.8, 4) is 0 Å². The monoisotopic (exact) mass is 170 g/mol. The highest BCUT2D eigenvalue weighted by Crippen LogP contribution is 2.32. The third kappa shape index (κ3) is 0.972. The number of piperazine rings is 1. The van der Waals surface area contributed by atoms with Gasteiger partial charge in [-0.25, -0.2) is 4.79 Å². The molecule has 1 atom stereocenters. The average molecular weight is 170 g/mol. The summed E-state index contributed by atoms with van der Waals surface area (Å²) in [5, 5.41) is 11.7. The molecule has 0 bridgehead atoms. The highest BCUT2D eigenvalue weighted by atomic mass is 16.4. The first-order valence-electron chi connectivity index (χ1n) is 3.90. The molecule has 66 valence electrons. The van der Waals surface area contributed by atoms with Gasteiger partial charge >= 0.3 is 6.09 Å².